The Morgan fingerprint density at radius 2 is 2.12 bits per heavy atom. The van der Waals surface area contributed by atoms with Crippen LogP contribution in [0.15, 0.2) is 12.1 Å². The molecule has 0 aliphatic carbocycles. The lowest BCUT2D eigenvalue weighted by molar-refractivity contribution is 0.0686. The summed E-state index contributed by atoms with van der Waals surface area (Å²) in [4.78, 5) is 11.0. The van der Waals surface area contributed by atoms with Gasteiger partial charge in [-0.3, -0.25) is 0 Å². The standard InChI is InChI=1S/C11H9ClFNO2/c1-5-7-3-6(12)4-8(13)10(7)14(2)9(5)11(15)16/h3-4H,1-2H3,(H,15,16). The van der Waals surface area contributed by atoms with Gasteiger partial charge < -0.3 is 9.67 Å². The van der Waals surface area contributed by atoms with Gasteiger partial charge >= 0.3 is 5.97 Å². The van der Waals surface area contributed by atoms with Gasteiger partial charge in [-0.2, -0.15) is 0 Å². The van der Waals surface area contributed by atoms with Gasteiger partial charge in [0, 0.05) is 17.5 Å². The van der Waals surface area contributed by atoms with Crippen molar-refractivity contribution in [2.45, 2.75) is 6.92 Å². The van der Waals surface area contributed by atoms with E-state index in [0.717, 1.165) is 0 Å². The molecule has 0 bridgehead atoms. The van der Waals surface area contributed by atoms with Crippen molar-refractivity contribution in [1.82, 2.24) is 4.57 Å². The number of fused-ring (bicyclic) bond motifs is 1. The predicted molar refractivity (Wildman–Crippen MR) is 59.6 cm³/mol. The topological polar surface area (TPSA) is 42.2 Å². The molecule has 0 aliphatic rings. The van der Waals surface area contributed by atoms with E-state index in [1.807, 2.05) is 0 Å². The van der Waals surface area contributed by atoms with Crippen LogP contribution in [-0.2, 0) is 7.05 Å². The average molecular weight is 242 g/mol. The second-order valence-corrected chi connectivity index (χ2v) is 4.06. The number of hydrogen-bond acceptors (Lipinski definition) is 1. The number of carboxylic acid groups (broad SMARTS) is 1. The van der Waals surface area contributed by atoms with Crippen molar-refractivity contribution in [1.29, 1.82) is 0 Å². The molecular weight excluding hydrogens is 233 g/mol. The van der Waals surface area contributed by atoms with E-state index in [-0.39, 0.29) is 16.2 Å². The Morgan fingerprint density at radius 1 is 1.50 bits per heavy atom. The second-order valence-electron chi connectivity index (χ2n) is 3.62. The number of rotatable bonds is 1. The van der Waals surface area contributed by atoms with Gasteiger partial charge in [-0.05, 0) is 24.6 Å². The van der Waals surface area contributed by atoms with Crippen LogP contribution in [0.2, 0.25) is 5.02 Å². The number of hydrogen-bond donors (Lipinski definition) is 1. The Hall–Kier alpha value is -1.55. The van der Waals surface area contributed by atoms with E-state index in [9.17, 15) is 9.18 Å². The van der Waals surface area contributed by atoms with Gasteiger partial charge in [-0.15, -0.1) is 0 Å². The maximum absolute atomic E-state index is 13.7. The van der Waals surface area contributed by atoms with E-state index in [1.54, 1.807) is 13.0 Å². The molecule has 0 saturated heterocycles. The quantitative estimate of drug-likeness (QED) is 0.834. The fourth-order valence-electron chi connectivity index (χ4n) is 1.99. The van der Waals surface area contributed by atoms with Crippen molar-refractivity contribution in [3.8, 4) is 0 Å². The van der Waals surface area contributed by atoms with E-state index < -0.39 is 11.8 Å². The minimum absolute atomic E-state index is 0.0798. The monoisotopic (exact) mass is 241 g/mol. The first-order valence-corrected chi connectivity index (χ1v) is 4.98. The number of benzene rings is 1. The number of carboxylic acids is 1. The zero-order chi connectivity index (χ0) is 12.0. The molecule has 0 spiro atoms. The molecule has 1 heterocycles. The molecular formula is C11H9ClFNO2. The molecule has 1 aromatic heterocycles. The number of aromatic carboxylic acids is 1. The maximum atomic E-state index is 13.7. The second kappa shape index (κ2) is 3.49. The Morgan fingerprint density at radius 3 is 2.69 bits per heavy atom. The molecule has 2 aromatic rings. The maximum Gasteiger partial charge on any atom is 0.352 e. The first-order valence-electron chi connectivity index (χ1n) is 4.60. The third-order valence-corrected chi connectivity index (χ3v) is 2.88. The zero-order valence-electron chi connectivity index (χ0n) is 8.71. The lowest BCUT2D eigenvalue weighted by Crippen LogP contribution is -2.06. The molecule has 0 atom stereocenters. The lowest BCUT2D eigenvalue weighted by atomic mass is 10.1. The largest absolute Gasteiger partial charge is 0.477 e. The summed E-state index contributed by atoms with van der Waals surface area (Å²) in [6.07, 6.45) is 0. The number of halogens is 2. The smallest absolute Gasteiger partial charge is 0.352 e. The molecule has 0 unspecified atom stereocenters. The van der Waals surface area contributed by atoms with Crippen LogP contribution in [0, 0.1) is 12.7 Å². The Balaban J connectivity index is 2.99. The highest BCUT2D eigenvalue weighted by molar-refractivity contribution is 6.31. The van der Waals surface area contributed by atoms with Gasteiger partial charge in [-0.1, -0.05) is 11.6 Å². The minimum atomic E-state index is -1.08. The number of nitrogens with zero attached hydrogens (tertiary/aromatic N) is 1. The molecule has 2 rings (SSSR count). The normalized spacial score (nSPS) is 11.0. The zero-order valence-corrected chi connectivity index (χ0v) is 9.47. The molecule has 5 heteroatoms. The van der Waals surface area contributed by atoms with Crippen LogP contribution in [0.4, 0.5) is 4.39 Å². The minimum Gasteiger partial charge on any atom is -0.477 e. The van der Waals surface area contributed by atoms with Crippen molar-refractivity contribution in [3.05, 3.63) is 34.2 Å². The molecule has 0 saturated carbocycles. The van der Waals surface area contributed by atoms with Crippen molar-refractivity contribution < 1.29 is 14.3 Å². The van der Waals surface area contributed by atoms with Gasteiger partial charge in [0.15, 0.2) is 0 Å². The summed E-state index contributed by atoms with van der Waals surface area (Å²) in [6.45, 7) is 1.64. The molecule has 0 aliphatic heterocycles. The van der Waals surface area contributed by atoms with E-state index in [0.29, 0.717) is 10.9 Å². The highest BCUT2D eigenvalue weighted by Gasteiger charge is 2.20. The van der Waals surface area contributed by atoms with Crippen LogP contribution in [0.1, 0.15) is 16.1 Å². The highest BCUT2D eigenvalue weighted by Crippen LogP contribution is 2.29. The average Bonchev–Trinajstić information content (AvgIpc) is 2.38. The van der Waals surface area contributed by atoms with Gasteiger partial charge in [0.05, 0.1) is 5.52 Å². The SMILES string of the molecule is Cc1c(C(=O)O)n(C)c2c(F)cc(Cl)cc12. The summed E-state index contributed by atoms with van der Waals surface area (Å²) in [5.41, 5.74) is 0.863. The predicted octanol–water partition coefficient (Wildman–Crippen LogP) is 2.98. The molecule has 0 fully saturated rings. The molecule has 1 N–H and O–H groups in total. The molecule has 16 heavy (non-hydrogen) atoms. The van der Waals surface area contributed by atoms with Gasteiger partial charge in [0.2, 0.25) is 0 Å². The summed E-state index contributed by atoms with van der Waals surface area (Å²) < 4.78 is 15.0. The third kappa shape index (κ3) is 1.38. The molecule has 0 radical (unpaired) electrons. The van der Waals surface area contributed by atoms with Gasteiger partial charge in [0.25, 0.3) is 0 Å². The fraction of sp³-hybridized carbons (Fsp3) is 0.182. The molecule has 1 aromatic carbocycles. The van der Waals surface area contributed by atoms with E-state index in [2.05, 4.69) is 0 Å². The van der Waals surface area contributed by atoms with Gasteiger partial charge in [-0.25, -0.2) is 9.18 Å². The molecule has 0 amide bonds. The van der Waals surface area contributed by atoms with E-state index >= 15 is 0 Å². The van der Waals surface area contributed by atoms with Crippen LogP contribution < -0.4 is 0 Å². The highest BCUT2D eigenvalue weighted by atomic mass is 35.5. The van der Waals surface area contributed by atoms with Crippen LogP contribution in [0.5, 0.6) is 0 Å². The van der Waals surface area contributed by atoms with Gasteiger partial charge in [0.1, 0.15) is 11.5 Å². The summed E-state index contributed by atoms with van der Waals surface area (Å²) in [6, 6.07) is 2.75. The lowest BCUT2D eigenvalue weighted by Gasteiger charge is -2.00. The van der Waals surface area contributed by atoms with Crippen molar-refractivity contribution in [2.75, 3.05) is 0 Å². The third-order valence-electron chi connectivity index (χ3n) is 2.66. The van der Waals surface area contributed by atoms with Crippen LogP contribution in [-0.4, -0.2) is 15.6 Å². The first-order chi connectivity index (χ1) is 7.43. The van der Waals surface area contributed by atoms with Crippen molar-refractivity contribution >= 4 is 28.5 Å². The number of aromatic nitrogens is 1. The number of carbonyl (C=O) groups is 1. The van der Waals surface area contributed by atoms with Crippen molar-refractivity contribution in [3.63, 3.8) is 0 Å². The Labute approximate surface area is 96.1 Å². The fourth-order valence-corrected chi connectivity index (χ4v) is 2.19. The first kappa shape index (κ1) is 11.0. The number of aryl methyl sites for hydroxylation is 2. The summed E-state index contributed by atoms with van der Waals surface area (Å²) >= 11 is 5.74. The molecule has 84 valence electrons. The Bertz CT molecular complexity index is 604. The Kier molecular flexibility index (Phi) is 2.39. The van der Waals surface area contributed by atoms with Crippen LogP contribution >= 0.6 is 11.6 Å². The van der Waals surface area contributed by atoms with E-state index in [4.69, 9.17) is 16.7 Å². The van der Waals surface area contributed by atoms with Crippen LogP contribution in [0.25, 0.3) is 10.9 Å². The van der Waals surface area contributed by atoms with Crippen LogP contribution in [0.3, 0.4) is 0 Å². The molecule has 3 nitrogen and oxygen atoms in total. The summed E-state index contributed by atoms with van der Waals surface area (Å²) in [5.74, 6) is -1.59. The van der Waals surface area contributed by atoms with Crippen molar-refractivity contribution in [2.24, 2.45) is 7.05 Å². The summed E-state index contributed by atoms with van der Waals surface area (Å²) in [7, 11) is 1.52. The summed E-state index contributed by atoms with van der Waals surface area (Å²) in [5, 5.41) is 9.82. The van der Waals surface area contributed by atoms with E-state index in [1.165, 1.54) is 17.7 Å².